The molecule has 3 aromatic rings. The lowest BCUT2D eigenvalue weighted by molar-refractivity contribution is 0.515. The summed E-state index contributed by atoms with van der Waals surface area (Å²) in [6, 6.07) is 18.9. The van der Waals surface area contributed by atoms with Gasteiger partial charge in [-0.25, -0.2) is 0 Å². The van der Waals surface area contributed by atoms with Gasteiger partial charge in [0.2, 0.25) is 0 Å². The fourth-order valence-electron chi connectivity index (χ4n) is 2.44. The first-order valence-corrected chi connectivity index (χ1v) is 7.05. The number of aryl methyl sites for hydroxylation is 1. The fraction of sp³-hybridized carbons (Fsp3) is 0.222. The van der Waals surface area contributed by atoms with Gasteiger partial charge in [0.1, 0.15) is 11.3 Å². The first kappa shape index (κ1) is 12.9. The summed E-state index contributed by atoms with van der Waals surface area (Å²) in [7, 11) is 0. The van der Waals surface area contributed by atoms with Crippen LogP contribution in [0.2, 0.25) is 0 Å². The van der Waals surface area contributed by atoms with Gasteiger partial charge < -0.3 is 9.73 Å². The van der Waals surface area contributed by atoms with Gasteiger partial charge in [-0.05, 0) is 37.6 Å². The molecule has 1 aromatic heterocycles. The van der Waals surface area contributed by atoms with Gasteiger partial charge in [0.25, 0.3) is 0 Å². The molecule has 0 bridgehead atoms. The predicted molar refractivity (Wildman–Crippen MR) is 82.8 cm³/mol. The van der Waals surface area contributed by atoms with Crippen molar-refractivity contribution in [3.8, 4) is 0 Å². The van der Waals surface area contributed by atoms with Gasteiger partial charge in [-0.15, -0.1) is 0 Å². The maximum Gasteiger partial charge on any atom is 0.134 e. The molecule has 0 saturated heterocycles. The number of nitrogens with one attached hydrogen (secondary N) is 1. The van der Waals surface area contributed by atoms with Crippen LogP contribution in [-0.2, 0) is 13.0 Å². The molecule has 0 aliphatic carbocycles. The summed E-state index contributed by atoms with van der Waals surface area (Å²) < 4.78 is 5.78. The highest BCUT2D eigenvalue weighted by Crippen LogP contribution is 2.18. The minimum absolute atomic E-state index is 0.778. The number of furan rings is 1. The van der Waals surface area contributed by atoms with E-state index in [9.17, 15) is 0 Å². The maximum atomic E-state index is 5.78. The summed E-state index contributed by atoms with van der Waals surface area (Å²) in [5, 5.41) is 4.61. The maximum absolute atomic E-state index is 5.78. The molecule has 2 aromatic carbocycles. The number of para-hydroxylation sites is 1. The second-order valence-electron chi connectivity index (χ2n) is 5.17. The number of fused-ring (bicyclic) bond motifs is 1. The van der Waals surface area contributed by atoms with Crippen molar-refractivity contribution in [2.75, 3.05) is 6.54 Å². The number of hydrogen-bond acceptors (Lipinski definition) is 2. The van der Waals surface area contributed by atoms with Crippen LogP contribution in [0.3, 0.4) is 0 Å². The van der Waals surface area contributed by atoms with Crippen LogP contribution in [0.5, 0.6) is 0 Å². The second kappa shape index (κ2) is 5.93. The van der Waals surface area contributed by atoms with E-state index in [2.05, 4.69) is 48.6 Å². The van der Waals surface area contributed by atoms with Gasteiger partial charge in [0.05, 0.1) is 6.54 Å². The van der Waals surface area contributed by atoms with E-state index >= 15 is 0 Å². The Morgan fingerprint density at radius 1 is 1.00 bits per heavy atom. The first-order chi connectivity index (χ1) is 9.81. The standard InChI is InChI=1S/C18H19NO/c1-14-5-4-6-15(11-14)9-10-19-13-17-12-16-7-2-3-8-18(16)20-17/h2-8,11-12,19H,9-10,13H2,1H3. The molecule has 1 N–H and O–H groups in total. The lowest BCUT2D eigenvalue weighted by Crippen LogP contribution is -2.16. The van der Waals surface area contributed by atoms with E-state index in [1.54, 1.807) is 0 Å². The summed E-state index contributed by atoms with van der Waals surface area (Å²) in [6.07, 6.45) is 1.04. The molecule has 0 radical (unpaired) electrons. The number of hydrogen-bond donors (Lipinski definition) is 1. The molecule has 2 heteroatoms. The van der Waals surface area contributed by atoms with Crippen LogP contribution in [-0.4, -0.2) is 6.54 Å². The zero-order valence-corrected chi connectivity index (χ0v) is 11.7. The Balaban J connectivity index is 1.52. The van der Waals surface area contributed by atoms with Crippen molar-refractivity contribution in [2.45, 2.75) is 19.9 Å². The lowest BCUT2D eigenvalue weighted by atomic mass is 10.1. The van der Waals surface area contributed by atoms with Crippen LogP contribution >= 0.6 is 0 Å². The van der Waals surface area contributed by atoms with E-state index < -0.39 is 0 Å². The van der Waals surface area contributed by atoms with Crippen LogP contribution in [0, 0.1) is 6.92 Å². The average molecular weight is 265 g/mol. The van der Waals surface area contributed by atoms with Crippen LogP contribution < -0.4 is 5.32 Å². The molecule has 3 rings (SSSR count). The van der Waals surface area contributed by atoms with Crippen molar-refractivity contribution in [1.82, 2.24) is 5.32 Å². The zero-order chi connectivity index (χ0) is 13.8. The van der Waals surface area contributed by atoms with E-state index in [0.29, 0.717) is 0 Å². The minimum Gasteiger partial charge on any atom is -0.460 e. The molecule has 1 heterocycles. The Labute approximate surface area is 119 Å². The SMILES string of the molecule is Cc1cccc(CCNCc2cc3ccccc3o2)c1. The highest BCUT2D eigenvalue weighted by molar-refractivity contribution is 5.77. The highest BCUT2D eigenvalue weighted by atomic mass is 16.3. The van der Waals surface area contributed by atoms with Crippen molar-refractivity contribution in [2.24, 2.45) is 0 Å². The smallest absolute Gasteiger partial charge is 0.134 e. The zero-order valence-electron chi connectivity index (χ0n) is 11.7. The van der Waals surface area contributed by atoms with E-state index in [1.807, 2.05) is 18.2 Å². The lowest BCUT2D eigenvalue weighted by Gasteiger charge is -2.04. The van der Waals surface area contributed by atoms with Crippen molar-refractivity contribution >= 4 is 11.0 Å². The second-order valence-corrected chi connectivity index (χ2v) is 5.17. The molecule has 0 fully saturated rings. The van der Waals surface area contributed by atoms with Gasteiger partial charge >= 0.3 is 0 Å². The Bertz CT molecular complexity index is 666. The summed E-state index contributed by atoms with van der Waals surface area (Å²) in [6.45, 7) is 3.87. The molecule has 20 heavy (non-hydrogen) atoms. The third-order valence-corrected chi connectivity index (χ3v) is 3.45. The van der Waals surface area contributed by atoms with E-state index in [1.165, 1.54) is 16.5 Å². The summed E-state index contributed by atoms with van der Waals surface area (Å²) in [4.78, 5) is 0. The van der Waals surface area contributed by atoms with Gasteiger partial charge in [-0.3, -0.25) is 0 Å². The molecular weight excluding hydrogens is 246 g/mol. The molecule has 0 aliphatic heterocycles. The van der Waals surface area contributed by atoms with Gasteiger partial charge in [0.15, 0.2) is 0 Å². The monoisotopic (exact) mass is 265 g/mol. The molecule has 0 atom stereocenters. The topological polar surface area (TPSA) is 25.2 Å². The molecule has 2 nitrogen and oxygen atoms in total. The number of benzene rings is 2. The summed E-state index contributed by atoms with van der Waals surface area (Å²) in [5.41, 5.74) is 3.66. The molecule has 0 unspecified atom stereocenters. The first-order valence-electron chi connectivity index (χ1n) is 7.05. The van der Waals surface area contributed by atoms with Gasteiger partial charge in [-0.1, -0.05) is 48.0 Å². The molecule has 0 aliphatic rings. The Morgan fingerprint density at radius 3 is 2.75 bits per heavy atom. The molecule has 0 spiro atoms. The van der Waals surface area contributed by atoms with Crippen molar-refractivity contribution in [3.05, 3.63) is 71.5 Å². The average Bonchev–Trinajstić information content (AvgIpc) is 2.86. The van der Waals surface area contributed by atoms with Crippen LogP contribution in [0.15, 0.2) is 59.0 Å². The third-order valence-electron chi connectivity index (χ3n) is 3.45. The molecular formula is C18H19NO. The number of rotatable bonds is 5. The Kier molecular flexibility index (Phi) is 3.84. The van der Waals surface area contributed by atoms with Crippen molar-refractivity contribution in [1.29, 1.82) is 0 Å². The minimum atomic E-state index is 0.778. The van der Waals surface area contributed by atoms with Crippen LogP contribution in [0.1, 0.15) is 16.9 Å². The van der Waals surface area contributed by atoms with Crippen molar-refractivity contribution in [3.63, 3.8) is 0 Å². The van der Waals surface area contributed by atoms with E-state index in [4.69, 9.17) is 4.42 Å². The molecule has 0 saturated carbocycles. The molecule has 0 amide bonds. The van der Waals surface area contributed by atoms with Crippen molar-refractivity contribution < 1.29 is 4.42 Å². The quantitative estimate of drug-likeness (QED) is 0.703. The van der Waals surface area contributed by atoms with E-state index in [0.717, 1.165) is 30.9 Å². The van der Waals surface area contributed by atoms with Gasteiger partial charge in [0, 0.05) is 5.39 Å². The van der Waals surface area contributed by atoms with E-state index in [-0.39, 0.29) is 0 Å². The van der Waals surface area contributed by atoms with Gasteiger partial charge in [-0.2, -0.15) is 0 Å². The largest absolute Gasteiger partial charge is 0.460 e. The summed E-state index contributed by atoms with van der Waals surface area (Å²) >= 11 is 0. The molecule has 102 valence electrons. The highest BCUT2D eigenvalue weighted by Gasteiger charge is 2.02. The third kappa shape index (κ3) is 3.09. The van der Waals surface area contributed by atoms with Crippen LogP contribution in [0.4, 0.5) is 0 Å². The van der Waals surface area contributed by atoms with Crippen LogP contribution in [0.25, 0.3) is 11.0 Å². The summed E-state index contributed by atoms with van der Waals surface area (Å²) in [5.74, 6) is 0.996. The fourth-order valence-corrected chi connectivity index (χ4v) is 2.44. The predicted octanol–water partition coefficient (Wildman–Crippen LogP) is 4.07. The Morgan fingerprint density at radius 2 is 1.90 bits per heavy atom. The normalized spacial score (nSPS) is 11.1. The Hall–Kier alpha value is -2.06.